The molecular formula is C16H12BrClN2OS. The molecule has 0 heterocycles. The van der Waals surface area contributed by atoms with Crippen LogP contribution in [-0.4, -0.2) is 11.0 Å². The fraction of sp³-hybridized carbons (Fsp3) is 0. The Morgan fingerprint density at radius 3 is 2.50 bits per heavy atom. The summed E-state index contributed by atoms with van der Waals surface area (Å²) in [4.78, 5) is 11.8. The first-order valence-electron chi connectivity index (χ1n) is 6.35. The summed E-state index contributed by atoms with van der Waals surface area (Å²) in [6.07, 6.45) is 3.10. The van der Waals surface area contributed by atoms with Crippen LogP contribution in [0.5, 0.6) is 0 Å². The molecule has 2 N–H and O–H groups in total. The van der Waals surface area contributed by atoms with Gasteiger partial charge in [-0.1, -0.05) is 35.9 Å². The van der Waals surface area contributed by atoms with E-state index in [1.54, 1.807) is 18.2 Å². The molecule has 0 saturated carbocycles. The van der Waals surface area contributed by atoms with Crippen molar-refractivity contribution in [1.29, 1.82) is 0 Å². The van der Waals surface area contributed by atoms with Crippen molar-refractivity contribution in [3.05, 3.63) is 69.7 Å². The molecule has 3 nitrogen and oxygen atoms in total. The molecule has 2 aromatic rings. The number of amides is 1. The number of benzene rings is 2. The number of rotatable bonds is 3. The highest BCUT2D eigenvalue weighted by Crippen LogP contribution is 2.20. The molecule has 0 saturated heterocycles. The summed E-state index contributed by atoms with van der Waals surface area (Å²) >= 11 is 14.3. The lowest BCUT2D eigenvalue weighted by molar-refractivity contribution is -0.115. The Morgan fingerprint density at radius 1 is 1.14 bits per heavy atom. The molecule has 0 bridgehead atoms. The predicted molar refractivity (Wildman–Crippen MR) is 99.0 cm³/mol. The van der Waals surface area contributed by atoms with Gasteiger partial charge in [0.25, 0.3) is 0 Å². The number of carbonyl (C=O) groups is 1. The van der Waals surface area contributed by atoms with E-state index in [9.17, 15) is 4.79 Å². The maximum Gasteiger partial charge on any atom is 0.250 e. The Labute approximate surface area is 147 Å². The maximum atomic E-state index is 11.8. The minimum absolute atomic E-state index is 0.234. The van der Waals surface area contributed by atoms with Crippen LogP contribution in [0, 0.1) is 0 Å². The van der Waals surface area contributed by atoms with Gasteiger partial charge in [0.1, 0.15) is 0 Å². The fourth-order valence-electron chi connectivity index (χ4n) is 1.62. The number of hydrogen-bond donors (Lipinski definition) is 2. The number of para-hydroxylation sites is 1. The van der Waals surface area contributed by atoms with Crippen LogP contribution in [0.2, 0.25) is 5.02 Å². The second-order valence-corrected chi connectivity index (χ2v) is 6.01. The summed E-state index contributed by atoms with van der Waals surface area (Å²) in [5.41, 5.74) is 1.67. The first-order chi connectivity index (χ1) is 10.5. The zero-order valence-corrected chi connectivity index (χ0v) is 14.5. The normalized spacial score (nSPS) is 10.5. The minimum atomic E-state index is -0.306. The lowest BCUT2D eigenvalue weighted by atomic mass is 10.2. The number of carbonyl (C=O) groups excluding carboxylic acids is 1. The fourth-order valence-corrected chi connectivity index (χ4v) is 2.34. The van der Waals surface area contributed by atoms with Crippen molar-refractivity contribution in [2.24, 2.45) is 0 Å². The Balaban J connectivity index is 1.90. The summed E-state index contributed by atoms with van der Waals surface area (Å²) in [6, 6.07) is 14.7. The van der Waals surface area contributed by atoms with Gasteiger partial charge >= 0.3 is 0 Å². The largest absolute Gasteiger partial charge is 0.331 e. The molecule has 0 aliphatic rings. The maximum absolute atomic E-state index is 11.8. The molecule has 2 aromatic carbocycles. The molecule has 1 amide bonds. The van der Waals surface area contributed by atoms with Crippen molar-refractivity contribution >= 4 is 62.5 Å². The molecule has 0 radical (unpaired) electrons. The van der Waals surface area contributed by atoms with E-state index in [1.165, 1.54) is 6.08 Å². The van der Waals surface area contributed by atoms with Crippen LogP contribution in [0.4, 0.5) is 5.69 Å². The van der Waals surface area contributed by atoms with Crippen molar-refractivity contribution in [2.75, 3.05) is 5.32 Å². The third-order valence-corrected chi connectivity index (χ3v) is 3.80. The van der Waals surface area contributed by atoms with Crippen LogP contribution in [-0.2, 0) is 4.79 Å². The average Bonchev–Trinajstić information content (AvgIpc) is 2.49. The average molecular weight is 396 g/mol. The van der Waals surface area contributed by atoms with Gasteiger partial charge in [-0.05, 0) is 64.1 Å². The second kappa shape index (κ2) is 8.08. The highest BCUT2D eigenvalue weighted by Gasteiger charge is 2.03. The van der Waals surface area contributed by atoms with Crippen LogP contribution in [0.25, 0.3) is 6.08 Å². The van der Waals surface area contributed by atoms with Gasteiger partial charge in [0.2, 0.25) is 5.91 Å². The topological polar surface area (TPSA) is 41.1 Å². The molecule has 0 spiro atoms. The van der Waals surface area contributed by atoms with E-state index in [0.29, 0.717) is 5.02 Å². The molecule has 0 unspecified atom stereocenters. The van der Waals surface area contributed by atoms with Gasteiger partial charge in [0.05, 0.1) is 5.69 Å². The Kier molecular flexibility index (Phi) is 6.12. The lowest BCUT2D eigenvalue weighted by Gasteiger charge is -2.09. The quantitative estimate of drug-likeness (QED) is 0.588. The molecular weight excluding hydrogens is 384 g/mol. The van der Waals surface area contributed by atoms with E-state index in [1.807, 2.05) is 36.4 Å². The Hall–Kier alpha value is -1.69. The van der Waals surface area contributed by atoms with Crippen LogP contribution < -0.4 is 10.6 Å². The van der Waals surface area contributed by atoms with E-state index in [4.69, 9.17) is 23.8 Å². The summed E-state index contributed by atoms with van der Waals surface area (Å²) in [5.74, 6) is -0.306. The molecule has 22 heavy (non-hydrogen) atoms. The van der Waals surface area contributed by atoms with Gasteiger partial charge in [0, 0.05) is 15.6 Å². The summed E-state index contributed by atoms with van der Waals surface area (Å²) in [6.45, 7) is 0. The number of anilines is 1. The van der Waals surface area contributed by atoms with Gasteiger partial charge in [-0.2, -0.15) is 0 Å². The van der Waals surface area contributed by atoms with Crippen molar-refractivity contribution in [3.63, 3.8) is 0 Å². The summed E-state index contributed by atoms with van der Waals surface area (Å²) in [5, 5.41) is 6.42. The van der Waals surface area contributed by atoms with Crippen LogP contribution in [0.1, 0.15) is 5.56 Å². The van der Waals surface area contributed by atoms with E-state index >= 15 is 0 Å². The molecule has 0 aromatic heterocycles. The van der Waals surface area contributed by atoms with Gasteiger partial charge in [-0.25, -0.2) is 0 Å². The van der Waals surface area contributed by atoms with Gasteiger partial charge < -0.3 is 5.32 Å². The highest BCUT2D eigenvalue weighted by molar-refractivity contribution is 9.10. The van der Waals surface area contributed by atoms with Crippen molar-refractivity contribution < 1.29 is 4.79 Å². The molecule has 112 valence electrons. The molecule has 0 fully saturated rings. The first kappa shape index (κ1) is 16.7. The summed E-state index contributed by atoms with van der Waals surface area (Å²) in [7, 11) is 0. The van der Waals surface area contributed by atoms with Crippen molar-refractivity contribution in [1.82, 2.24) is 5.32 Å². The Morgan fingerprint density at radius 2 is 1.82 bits per heavy atom. The van der Waals surface area contributed by atoms with E-state index in [2.05, 4.69) is 26.6 Å². The second-order valence-electron chi connectivity index (χ2n) is 4.31. The number of hydrogen-bond acceptors (Lipinski definition) is 2. The standard InChI is InChI=1S/C16H12BrClN2OS/c17-13-3-1-2-4-14(13)19-16(22)20-15(21)10-7-11-5-8-12(18)9-6-11/h1-10H,(H2,19,20,21,22)/b10-7+. The zero-order chi connectivity index (χ0) is 15.9. The molecule has 0 aliphatic carbocycles. The molecule has 0 aliphatic heterocycles. The van der Waals surface area contributed by atoms with Gasteiger partial charge in [-0.15, -0.1) is 0 Å². The van der Waals surface area contributed by atoms with Crippen LogP contribution in [0.15, 0.2) is 59.1 Å². The van der Waals surface area contributed by atoms with Gasteiger partial charge in [-0.3, -0.25) is 10.1 Å². The van der Waals surface area contributed by atoms with E-state index < -0.39 is 0 Å². The lowest BCUT2D eigenvalue weighted by Crippen LogP contribution is -2.32. The monoisotopic (exact) mass is 394 g/mol. The molecule has 6 heteroatoms. The molecule has 2 rings (SSSR count). The van der Waals surface area contributed by atoms with Crippen LogP contribution >= 0.6 is 39.7 Å². The number of halogens is 2. The SMILES string of the molecule is O=C(/C=C/c1ccc(Cl)cc1)NC(=S)Nc1ccccc1Br. The zero-order valence-electron chi connectivity index (χ0n) is 11.3. The first-order valence-corrected chi connectivity index (χ1v) is 7.92. The van der Waals surface area contributed by atoms with Gasteiger partial charge in [0.15, 0.2) is 5.11 Å². The number of nitrogens with one attached hydrogen (secondary N) is 2. The molecule has 0 atom stereocenters. The highest BCUT2D eigenvalue weighted by atomic mass is 79.9. The smallest absolute Gasteiger partial charge is 0.250 e. The predicted octanol–water partition coefficient (Wildman–Crippen LogP) is 4.63. The third kappa shape index (κ3) is 5.26. The third-order valence-electron chi connectivity index (χ3n) is 2.66. The van der Waals surface area contributed by atoms with Crippen molar-refractivity contribution in [3.8, 4) is 0 Å². The van der Waals surface area contributed by atoms with E-state index in [-0.39, 0.29) is 11.0 Å². The van der Waals surface area contributed by atoms with Crippen molar-refractivity contribution in [2.45, 2.75) is 0 Å². The minimum Gasteiger partial charge on any atom is -0.331 e. The number of thiocarbonyl (C=S) groups is 1. The Bertz CT molecular complexity index is 716. The van der Waals surface area contributed by atoms with E-state index in [0.717, 1.165) is 15.7 Å². The summed E-state index contributed by atoms with van der Waals surface area (Å²) < 4.78 is 0.864. The van der Waals surface area contributed by atoms with Crippen LogP contribution in [0.3, 0.4) is 0 Å².